The zero-order chi connectivity index (χ0) is 14.3. The third kappa shape index (κ3) is 2.31. The number of rotatable bonds is 3. The Labute approximate surface area is 119 Å². The Kier molecular flexibility index (Phi) is 3.69. The van der Waals surface area contributed by atoms with Gasteiger partial charge in [0.1, 0.15) is 0 Å². The standard InChI is InChI=1S/C16H23FN2O/c1-19-12-4-5-13(19)8-11(7-12)16(18)10-3-6-15(20-2)14(17)9-10/h3,6,9,11-13,16H,4-5,7-8,18H2,1-2H3. The number of benzene rings is 1. The molecular formula is C16H23FN2O. The van der Waals surface area contributed by atoms with E-state index in [1.54, 1.807) is 6.07 Å². The highest BCUT2D eigenvalue weighted by molar-refractivity contribution is 5.31. The van der Waals surface area contributed by atoms with Gasteiger partial charge in [0.2, 0.25) is 0 Å². The number of halogens is 1. The summed E-state index contributed by atoms with van der Waals surface area (Å²) in [5.74, 6) is 0.414. The maximum absolute atomic E-state index is 13.8. The second-order valence-corrected chi connectivity index (χ2v) is 6.20. The minimum atomic E-state index is -0.323. The van der Waals surface area contributed by atoms with Crippen LogP contribution in [-0.2, 0) is 0 Å². The second-order valence-electron chi connectivity index (χ2n) is 6.20. The van der Waals surface area contributed by atoms with Crippen LogP contribution in [0.15, 0.2) is 18.2 Å². The molecule has 3 unspecified atom stereocenters. The van der Waals surface area contributed by atoms with Gasteiger partial charge in [0.25, 0.3) is 0 Å². The van der Waals surface area contributed by atoms with Crippen LogP contribution in [-0.4, -0.2) is 31.1 Å². The summed E-state index contributed by atoms with van der Waals surface area (Å²) in [4.78, 5) is 2.50. The summed E-state index contributed by atoms with van der Waals surface area (Å²) in [5, 5.41) is 0. The van der Waals surface area contributed by atoms with Crippen molar-refractivity contribution in [3.8, 4) is 5.75 Å². The van der Waals surface area contributed by atoms with Crippen LogP contribution in [0.2, 0.25) is 0 Å². The lowest BCUT2D eigenvalue weighted by Crippen LogP contribution is -2.42. The van der Waals surface area contributed by atoms with E-state index < -0.39 is 0 Å². The highest BCUT2D eigenvalue weighted by Crippen LogP contribution is 2.41. The molecule has 1 aromatic carbocycles. The van der Waals surface area contributed by atoms with Crippen LogP contribution in [0.4, 0.5) is 4.39 Å². The molecule has 2 N–H and O–H groups in total. The second kappa shape index (κ2) is 5.34. The van der Waals surface area contributed by atoms with Gasteiger partial charge in [0, 0.05) is 18.1 Å². The third-order valence-corrected chi connectivity index (χ3v) is 5.20. The molecule has 3 atom stereocenters. The van der Waals surface area contributed by atoms with E-state index in [1.807, 2.05) is 6.07 Å². The number of piperidine rings is 1. The predicted molar refractivity (Wildman–Crippen MR) is 77.2 cm³/mol. The largest absolute Gasteiger partial charge is 0.494 e. The minimum Gasteiger partial charge on any atom is -0.494 e. The molecule has 2 aliphatic heterocycles. The van der Waals surface area contributed by atoms with Crippen molar-refractivity contribution >= 4 is 0 Å². The molecule has 0 radical (unpaired) electrons. The summed E-state index contributed by atoms with van der Waals surface area (Å²) in [6.07, 6.45) is 4.81. The first kappa shape index (κ1) is 13.8. The zero-order valence-electron chi connectivity index (χ0n) is 12.2. The minimum absolute atomic E-state index is 0.0767. The molecule has 0 amide bonds. The van der Waals surface area contributed by atoms with E-state index in [0.29, 0.717) is 18.0 Å². The fourth-order valence-corrected chi connectivity index (χ4v) is 3.91. The number of ether oxygens (including phenoxy) is 1. The number of methoxy groups -OCH3 is 1. The Morgan fingerprint density at radius 3 is 2.50 bits per heavy atom. The van der Waals surface area contributed by atoms with Crippen molar-refractivity contribution in [2.45, 2.75) is 43.8 Å². The number of nitrogens with zero attached hydrogens (tertiary/aromatic N) is 1. The average Bonchev–Trinajstić information content (AvgIpc) is 2.67. The van der Waals surface area contributed by atoms with Gasteiger partial charge in [0.15, 0.2) is 11.6 Å². The average molecular weight is 278 g/mol. The SMILES string of the molecule is COc1ccc(C(N)C2CC3CCC(C2)N3C)cc1F. The zero-order valence-corrected chi connectivity index (χ0v) is 12.2. The van der Waals surface area contributed by atoms with Crippen LogP contribution in [0.25, 0.3) is 0 Å². The molecule has 20 heavy (non-hydrogen) atoms. The molecule has 2 heterocycles. The molecule has 0 saturated carbocycles. The van der Waals surface area contributed by atoms with Crippen LogP contribution in [0, 0.1) is 11.7 Å². The number of fused-ring (bicyclic) bond motifs is 2. The van der Waals surface area contributed by atoms with Crippen LogP contribution in [0.3, 0.4) is 0 Å². The maximum atomic E-state index is 13.8. The van der Waals surface area contributed by atoms with Gasteiger partial charge in [-0.25, -0.2) is 4.39 Å². The van der Waals surface area contributed by atoms with Gasteiger partial charge in [-0.1, -0.05) is 6.07 Å². The lowest BCUT2D eigenvalue weighted by molar-refractivity contribution is 0.120. The van der Waals surface area contributed by atoms with Crippen LogP contribution >= 0.6 is 0 Å². The molecule has 3 nitrogen and oxygen atoms in total. The van der Waals surface area contributed by atoms with Gasteiger partial charge in [-0.2, -0.15) is 0 Å². The van der Waals surface area contributed by atoms with Crippen molar-refractivity contribution in [1.82, 2.24) is 4.90 Å². The normalized spacial score (nSPS) is 31.3. The van der Waals surface area contributed by atoms with E-state index in [0.717, 1.165) is 18.4 Å². The van der Waals surface area contributed by atoms with E-state index in [2.05, 4.69) is 11.9 Å². The van der Waals surface area contributed by atoms with Gasteiger partial charge in [-0.05, 0) is 56.3 Å². The molecule has 2 aliphatic rings. The van der Waals surface area contributed by atoms with E-state index in [-0.39, 0.29) is 17.6 Å². The van der Waals surface area contributed by atoms with Crippen molar-refractivity contribution in [2.24, 2.45) is 11.7 Å². The lowest BCUT2D eigenvalue weighted by Gasteiger charge is -2.38. The lowest BCUT2D eigenvalue weighted by atomic mass is 9.82. The van der Waals surface area contributed by atoms with Crippen LogP contribution in [0.1, 0.15) is 37.3 Å². The van der Waals surface area contributed by atoms with E-state index in [9.17, 15) is 4.39 Å². The van der Waals surface area contributed by atoms with E-state index in [1.165, 1.54) is 26.0 Å². The van der Waals surface area contributed by atoms with Crippen molar-refractivity contribution in [2.75, 3.05) is 14.2 Å². The number of hydrogen-bond donors (Lipinski definition) is 1. The van der Waals surface area contributed by atoms with Crippen molar-refractivity contribution in [3.05, 3.63) is 29.6 Å². The summed E-state index contributed by atoms with van der Waals surface area (Å²) in [6, 6.07) is 6.35. The van der Waals surface area contributed by atoms with Crippen molar-refractivity contribution in [1.29, 1.82) is 0 Å². The number of hydrogen-bond acceptors (Lipinski definition) is 3. The molecule has 2 saturated heterocycles. The van der Waals surface area contributed by atoms with Gasteiger partial charge < -0.3 is 15.4 Å². The Morgan fingerprint density at radius 1 is 1.30 bits per heavy atom. The molecule has 0 spiro atoms. The smallest absolute Gasteiger partial charge is 0.165 e. The summed E-state index contributed by atoms with van der Waals surface area (Å²) < 4.78 is 18.8. The topological polar surface area (TPSA) is 38.5 Å². The molecule has 0 aromatic heterocycles. The van der Waals surface area contributed by atoms with Gasteiger partial charge in [-0.15, -0.1) is 0 Å². The van der Waals surface area contributed by atoms with Gasteiger partial charge in [0.05, 0.1) is 7.11 Å². The van der Waals surface area contributed by atoms with E-state index >= 15 is 0 Å². The van der Waals surface area contributed by atoms with Crippen LogP contribution < -0.4 is 10.5 Å². The first-order chi connectivity index (χ1) is 9.60. The maximum Gasteiger partial charge on any atom is 0.165 e. The van der Waals surface area contributed by atoms with Crippen molar-refractivity contribution < 1.29 is 9.13 Å². The number of nitrogens with two attached hydrogens (primary N) is 1. The fourth-order valence-electron chi connectivity index (χ4n) is 3.91. The highest BCUT2D eigenvalue weighted by atomic mass is 19.1. The molecule has 2 fully saturated rings. The molecule has 4 heteroatoms. The summed E-state index contributed by atoms with van der Waals surface area (Å²) in [7, 11) is 3.70. The summed E-state index contributed by atoms with van der Waals surface area (Å²) in [6.45, 7) is 0. The molecule has 0 aliphatic carbocycles. The molecule has 2 bridgehead atoms. The monoisotopic (exact) mass is 278 g/mol. The van der Waals surface area contributed by atoms with E-state index in [4.69, 9.17) is 10.5 Å². The van der Waals surface area contributed by atoms with Crippen LogP contribution in [0.5, 0.6) is 5.75 Å². The molecule has 3 rings (SSSR count). The first-order valence-corrected chi connectivity index (χ1v) is 7.41. The van der Waals surface area contributed by atoms with Crippen molar-refractivity contribution in [3.63, 3.8) is 0 Å². The molecular weight excluding hydrogens is 255 g/mol. The Bertz CT molecular complexity index is 479. The van der Waals surface area contributed by atoms with Gasteiger partial charge >= 0.3 is 0 Å². The Balaban J connectivity index is 1.76. The Hall–Kier alpha value is -1.13. The van der Waals surface area contributed by atoms with Gasteiger partial charge in [-0.3, -0.25) is 0 Å². The summed E-state index contributed by atoms with van der Waals surface area (Å²) >= 11 is 0. The predicted octanol–water partition coefficient (Wildman–Crippen LogP) is 2.71. The molecule has 110 valence electrons. The highest BCUT2D eigenvalue weighted by Gasteiger charge is 2.40. The molecule has 1 aromatic rings. The fraction of sp³-hybridized carbons (Fsp3) is 0.625. The Morgan fingerprint density at radius 2 is 1.95 bits per heavy atom. The third-order valence-electron chi connectivity index (χ3n) is 5.20. The first-order valence-electron chi connectivity index (χ1n) is 7.41. The summed E-state index contributed by atoms with van der Waals surface area (Å²) in [5.41, 5.74) is 7.29. The quantitative estimate of drug-likeness (QED) is 0.924.